The lowest BCUT2D eigenvalue weighted by Gasteiger charge is -2.20. The van der Waals surface area contributed by atoms with E-state index in [1.54, 1.807) is 30.3 Å². The predicted molar refractivity (Wildman–Crippen MR) is 95.2 cm³/mol. The number of thiazole rings is 1. The highest BCUT2D eigenvalue weighted by atomic mass is 32.1. The molecule has 0 bridgehead atoms. The first-order chi connectivity index (χ1) is 11.9. The van der Waals surface area contributed by atoms with Crippen molar-refractivity contribution in [2.45, 2.75) is 20.8 Å². The van der Waals surface area contributed by atoms with Gasteiger partial charge in [-0.25, -0.2) is 19.7 Å². The number of amides is 1. The number of hydrogen-bond donors (Lipinski definition) is 0. The van der Waals surface area contributed by atoms with Crippen molar-refractivity contribution < 1.29 is 14.3 Å². The number of ether oxygens (including phenoxy) is 1. The number of rotatable bonds is 7. The standard InChI is InChI=1S/C17H20N4O3S/c1-5-21(9-11(2)3)13(22)10-24-17(23)14-12(4)20-16(25-14)15-18-7-6-8-19-15/h6-8H,2,5,9-10H2,1,3-4H3. The van der Waals surface area contributed by atoms with Crippen molar-refractivity contribution in [2.24, 2.45) is 0 Å². The molecule has 0 saturated heterocycles. The van der Waals surface area contributed by atoms with E-state index >= 15 is 0 Å². The molecular formula is C17H20N4O3S. The highest BCUT2D eigenvalue weighted by molar-refractivity contribution is 7.16. The number of likely N-dealkylation sites (N-methyl/N-ethyl adjacent to an activating group) is 1. The molecule has 0 aliphatic rings. The fraction of sp³-hybridized carbons (Fsp3) is 0.353. The highest BCUT2D eigenvalue weighted by Crippen LogP contribution is 2.25. The van der Waals surface area contributed by atoms with Gasteiger partial charge in [-0.3, -0.25) is 4.79 Å². The van der Waals surface area contributed by atoms with Crippen LogP contribution < -0.4 is 0 Å². The Kier molecular flexibility index (Phi) is 6.35. The zero-order chi connectivity index (χ0) is 18.4. The van der Waals surface area contributed by atoms with Gasteiger partial charge in [-0.15, -0.1) is 11.3 Å². The summed E-state index contributed by atoms with van der Waals surface area (Å²) in [7, 11) is 0. The van der Waals surface area contributed by atoms with Crippen LogP contribution in [0.15, 0.2) is 30.6 Å². The lowest BCUT2D eigenvalue weighted by atomic mass is 10.3. The molecule has 2 heterocycles. The number of hydrogen-bond acceptors (Lipinski definition) is 7. The highest BCUT2D eigenvalue weighted by Gasteiger charge is 2.21. The van der Waals surface area contributed by atoms with Crippen molar-refractivity contribution in [3.8, 4) is 10.8 Å². The molecule has 0 atom stereocenters. The van der Waals surface area contributed by atoms with E-state index < -0.39 is 5.97 Å². The zero-order valence-corrected chi connectivity index (χ0v) is 15.3. The summed E-state index contributed by atoms with van der Waals surface area (Å²) in [5.74, 6) is -0.381. The van der Waals surface area contributed by atoms with Gasteiger partial charge in [0.05, 0.1) is 5.69 Å². The van der Waals surface area contributed by atoms with E-state index in [-0.39, 0.29) is 12.5 Å². The van der Waals surface area contributed by atoms with Gasteiger partial charge in [0.2, 0.25) is 0 Å². The van der Waals surface area contributed by atoms with Crippen LogP contribution in [-0.4, -0.2) is 51.4 Å². The molecule has 1 amide bonds. The molecule has 0 spiro atoms. The summed E-state index contributed by atoms with van der Waals surface area (Å²) in [5.41, 5.74) is 1.39. The van der Waals surface area contributed by atoms with Crippen LogP contribution in [-0.2, 0) is 9.53 Å². The van der Waals surface area contributed by atoms with Gasteiger partial charge in [0.15, 0.2) is 17.4 Å². The van der Waals surface area contributed by atoms with E-state index in [1.165, 1.54) is 0 Å². The topological polar surface area (TPSA) is 85.3 Å². The van der Waals surface area contributed by atoms with Crippen molar-refractivity contribution in [3.63, 3.8) is 0 Å². The van der Waals surface area contributed by atoms with Crippen LogP contribution in [0.2, 0.25) is 0 Å². The van der Waals surface area contributed by atoms with Crippen LogP contribution in [0.5, 0.6) is 0 Å². The number of nitrogens with zero attached hydrogens (tertiary/aromatic N) is 4. The van der Waals surface area contributed by atoms with Gasteiger partial charge in [0.1, 0.15) is 4.88 Å². The zero-order valence-electron chi connectivity index (χ0n) is 14.5. The lowest BCUT2D eigenvalue weighted by molar-refractivity contribution is -0.133. The Morgan fingerprint density at radius 2 is 2.00 bits per heavy atom. The summed E-state index contributed by atoms with van der Waals surface area (Å²) in [6.07, 6.45) is 3.22. The average molecular weight is 360 g/mol. The molecule has 7 nitrogen and oxygen atoms in total. The van der Waals surface area contributed by atoms with Gasteiger partial charge in [-0.2, -0.15) is 0 Å². The van der Waals surface area contributed by atoms with E-state index in [1.807, 2.05) is 13.8 Å². The third-order valence-corrected chi connectivity index (χ3v) is 4.39. The number of carbonyl (C=O) groups is 2. The minimum absolute atomic E-state index is 0.257. The molecule has 25 heavy (non-hydrogen) atoms. The Bertz CT molecular complexity index is 773. The molecule has 2 rings (SSSR count). The Hall–Kier alpha value is -2.61. The van der Waals surface area contributed by atoms with Gasteiger partial charge in [-0.05, 0) is 26.8 Å². The maximum Gasteiger partial charge on any atom is 0.350 e. The largest absolute Gasteiger partial charge is 0.451 e. The van der Waals surface area contributed by atoms with Gasteiger partial charge in [0, 0.05) is 25.5 Å². The van der Waals surface area contributed by atoms with Gasteiger partial charge < -0.3 is 9.64 Å². The van der Waals surface area contributed by atoms with Crippen molar-refractivity contribution in [1.82, 2.24) is 19.9 Å². The minimum atomic E-state index is -0.572. The molecule has 0 aliphatic heterocycles. The fourth-order valence-electron chi connectivity index (χ4n) is 2.08. The second-order valence-corrected chi connectivity index (χ2v) is 6.45. The molecule has 0 aliphatic carbocycles. The summed E-state index contributed by atoms with van der Waals surface area (Å²) in [5, 5.41) is 0.536. The number of aryl methyl sites for hydroxylation is 1. The maximum atomic E-state index is 12.3. The van der Waals surface area contributed by atoms with Crippen molar-refractivity contribution in [1.29, 1.82) is 0 Å². The maximum absolute atomic E-state index is 12.3. The molecule has 0 N–H and O–H groups in total. The van der Waals surface area contributed by atoms with Crippen molar-refractivity contribution >= 4 is 23.2 Å². The molecule has 0 radical (unpaired) electrons. The van der Waals surface area contributed by atoms with Crippen molar-refractivity contribution in [2.75, 3.05) is 19.7 Å². The monoisotopic (exact) mass is 360 g/mol. The molecular weight excluding hydrogens is 340 g/mol. The van der Waals surface area contributed by atoms with Crippen LogP contribution in [0.1, 0.15) is 29.2 Å². The summed E-state index contributed by atoms with van der Waals surface area (Å²) >= 11 is 1.15. The average Bonchev–Trinajstić information content (AvgIpc) is 2.99. The van der Waals surface area contributed by atoms with Crippen LogP contribution in [0.4, 0.5) is 0 Å². The van der Waals surface area contributed by atoms with Crippen molar-refractivity contribution in [3.05, 3.63) is 41.2 Å². The first-order valence-corrected chi connectivity index (χ1v) is 8.58. The third-order valence-electron chi connectivity index (χ3n) is 3.26. The molecule has 8 heteroatoms. The quantitative estimate of drug-likeness (QED) is 0.557. The normalized spacial score (nSPS) is 10.4. The van der Waals surface area contributed by atoms with Gasteiger partial charge in [0.25, 0.3) is 5.91 Å². The number of carbonyl (C=O) groups excluding carboxylic acids is 2. The smallest absolute Gasteiger partial charge is 0.350 e. The summed E-state index contributed by atoms with van der Waals surface area (Å²) < 4.78 is 5.15. The molecule has 2 aromatic rings. The SMILES string of the molecule is C=C(C)CN(CC)C(=O)COC(=O)c1sc(-c2ncccn2)nc1C. The Morgan fingerprint density at radius 3 is 2.60 bits per heavy atom. The first-order valence-electron chi connectivity index (χ1n) is 7.76. The lowest BCUT2D eigenvalue weighted by Crippen LogP contribution is -2.35. The van der Waals surface area contributed by atoms with Gasteiger partial charge >= 0.3 is 5.97 Å². The third kappa shape index (κ3) is 4.93. The first kappa shape index (κ1) is 18.7. The van der Waals surface area contributed by atoms with E-state index in [4.69, 9.17) is 4.74 Å². The minimum Gasteiger partial charge on any atom is -0.451 e. The van der Waals surface area contributed by atoms with Gasteiger partial charge in [-0.1, -0.05) is 12.2 Å². The number of aromatic nitrogens is 3. The molecule has 0 saturated carbocycles. The number of esters is 1. The Balaban J connectivity index is 2.03. The van der Waals surface area contributed by atoms with E-state index in [0.29, 0.717) is 34.5 Å². The van der Waals surface area contributed by atoms with Crippen LogP contribution in [0, 0.1) is 6.92 Å². The second-order valence-electron chi connectivity index (χ2n) is 5.45. The molecule has 0 unspecified atom stereocenters. The van der Waals surface area contributed by atoms with E-state index in [2.05, 4.69) is 21.5 Å². The summed E-state index contributed by atoms with van der Waals surface area (Å²) in [4.78, 5) is 38.9. The Morgan fingerprint density at radius 1 is 1.32 bits per heavy atom. The van der Waals surface area contributed by atoms with E-state index in [0.717, 1.165) is 16.9 Å². The summed E-state index contributed by atoms with van der Waals surface area (Å²) in [6, 6.07) is 1.70. The summed E-state index contributed by atoms with van der Waals surface area (Å²) in [6.45, 7) is 9.87. The predicted octanol–water partition coefficient (Wildman–Crippen LogP) is 2.49. The van der Waals surface area contributed by atoms with Crippen LogP contribution in [0.25, 0.3) is 10.8 Å². The van der Waals surface area contributed by atoms with Crippen LogP contribution >= 0.6 is 11.3 Å². The second kappa shape index (κ2) is 8.48. The van der Waals surface area contributed by atoms with E-state index in [9.17, 15) is 9.59 Å². The molecule has 0 fully saturated rings. The molecule has 0 aromatic carbocycles. The molecule has 2 aromatic heterocycles. The Labute approximate surface area is 150 Å². The fourth-order valence-corrected chi connectivity index (χ4v) is 2.99. The van der Waals surface area contributed by atoms with Crippen LogP contribution in [0.3, 0.4) is 0 Å². The molecule has 132 valence electrons.